The third-order valence-corrected chi connectivity index (χ3v) is 3.53. The fourth-order valence-corrected chi connectivity index (χ4v) is 2.43. The van der Waals surface area contributed by atoms with Gasteiger partial charge in [-0.2, -0.15) is 13.2 Å². The van der Waals surface area contributed by atoms with Gasteiger partial charge in [-0.05, 0) is 30.5 Å². The molecular weight excluding hydrogens is 250 g/mol. The second-order valence-electron chi connectivity index (χ2n) is 4.74. The van der Waals surface area contributed by atoms with E-state index in [1.807, 2.05) is 0 Å². The van der Waals surface area contributed by atoms with E-state index in [4.69, 9.17) is 5.73 Å². The van der Waals surface area contributed by atoms with Crippen molar-refractivity contribution in [2.24, 2.45) is 5.73 Å². The minimum atomic E-state index is -4.72. The summed E-state index contributed by atoms with van der Waals surface area (Å²) in [5, 5.41) is 9.31. The molecule has 18 heavy (non-hydrogen) atoms. The van der Waals surface area contributed by atoms with Gasteiger partial charge in [0.15, 0.2) is 0 Å². The molecule has 0 unspecified atom stereocenters. The van der Waals surface area contributed by atoms with Crippen molar-refractivity contribution in [2.45, 2.75) is 30.5 Å². The molecule has 1 aliphatic rings. The summed E-state index contributed by atoms with van der Waals surface area (Å²) in [6.45, 7) is 0.132. The lowest BCUT2D eigenvalue weighted by molar-refractivity contribution is -0.140. The molecule has 2 nitrogen and oxygen atoms in total. The van der Waals surface area contributed by atoms with Crippen LogP contribution in [0.3, 0.4) is 0 Å². The first-order chi connectivity index (χ1) is 8.28. The maximum atomic E-state index is 13.2. The van der Waals surface area contributed by atoms with Gasteiger partial charge in [-0.1, -0.05) is 6.07 Å². The van der Waals surface area contributed by atoms with Crippen molar-refractivity contribution >= 4 is 0 Å². The zero-order chi connectivity index (χ0) is 13.6. The predicted molar refractivity (Wildman–Crippen MR) is 57.4 cm³/mol. The predicted octanol–water partition coefficient (Wildman–Crippen LogP) is 2.20. The van der Waals surface area contributed by atoms with Gasteiger partial charge in [-0.25, -0.2) is 4.39 Å². The van der Waals surface area contributed by atoms with E-state index in [1.165, 1.54) is 6.07 Å². The van der Waals surface area contributed by atoms with E-state index < -0.39 is 29.1 Å². The molecule has 1 saturated carbocycles. The first-order valence-electron chi connectivity index (χ1n) is 5.54. The van der Waals surface area contributed by atoms with Crippen LogP contribution in [0.2, 0.25) is 0 Å². The quantitative estimate of drug-likeness (QED) is 0.803. The molecule has 1 aliphatic carbocycles. The highest BCUT2D eigenvalue weighted by molar-refractivity contribution is 5.35. The Balaban J connectivity index is 2.41. The van der Waals surface area contributed by atoms with Gasteiger partial charge in [0.05, 0.1) is 11.7 Å². The molecule has 0 radical (unpaired) electrons. The lowest BCUT2D eigenvalue weighted by Crippen LogP contribution is -2.49. The molecule has 0 bridgehead atoms. The molecule has 1 fully saturated rings. The fourth-order valence-electron chi connectivity index (χ4n) is 2.43. The summed E-state index contributed by atoms with van der Waals surface area (Å²) in [7, 11) is 0. The number of hydrogen-bond donors (Lipinski definition) is 2. The average Bonchev–Trinajstić information content (AvgIpc) is 2.23. The van der Waals surface area contributed by atoms with E-state index in [0.29, 0.717) is 18.4 Å². The molecule has 2 rings (SSSR count). The third kappa shape index (κ3) is 2.10. The van der Waals surface area contributed by atoms with Crippen LogP contribution < -0.4 is 5.73 Å². The van der Waals surface area contributed by atoms with Gasteiger partial charge in [-0.3, -0.25) is 0 Å². The van der Waals surface area contributed by atoms with Crippen molar-refractivity contribution in [2.75, 3.05) is 6.54 Å². The van der Waals surface area contributed by atoms with Gasteiger partial charge >= 0.3 is 6.18 Å². The van der Waals surface area contributed by atoms with Crippen LogP contribution in [0.15, 0.2) is 18.2 Å². The van der Waals surface area contributed by atoms with E-state index in [9.17, 15) is 22.7 Å². The van der Waals surface area contributed by atoms with Crippen LogP contribution in [0, 0.1) is 5.82 Å². The van der Waals surface area contributed by atoms with Crippen LogP contribution in [0.4, 0.5) is 17.6 Å². The van der Waals surface area contributed by atoms with Crippen molar-refractivity contribution in [3.8, 4) is 0 Å². The van der Waals surface area contributed by atoms with Crippen molar-refractivity contribution < 1.29 is 22.7 Å². The molecule has 0 heterocycles. The second-order valence-corrected chi connectivity index (χ2v) is 4.74. The van der Waals surface area contributed by atoms with Crippen LogP contribution in [-0.2, 0) is 11.6 Å². The standard InChI is InChI=1S/C12H13F4NO/c13-10-2-1-7(3-9(10)12(14,15)16)11(6-17)4-8(18)5-11/h1-3,8,18H,4-6,17H2. The van der Waals surface area contributed by atoms with Gasteiger partial charge in [0.1, 0.15) is 5.82 Å². The Labute approximate surface area is 101 Å². The molecular formula is C12H13F4NO. The maximum Gasteiger partial charge on any atom is 0.419 e. The number of benzene rings is 1. The highest BCUT2D eigenvalue weighted by Gasteiger charge is 2.45. The van der Waals surface area contributed by atoms with E-state index in [0.717, 1.165) is 12.1 Å². The molecule has 0 saturated heterocycles. The summed E-state index contributed by atoms with van der Waals surface area (Å²) in [6.07, 6.45) is -4.65. The number of aliphatic hydroxyl groups is 1. The Bertz CT molecular complexity index is 452. The number of hydrogen-bond acceptors (Lipinski definition) is 2. The molecule has 0 aliphatic heterocycles. The lowest BCUT2D eigenvalue weighted by atomic mass is 9.62. The summed E-state index contributed by atoms with van der Waals surface area (Å²) in [4.78, 5) is 0. The number of aliphatic hydroxyl groups excluding tert-OH is 1. The number of rotatable bonds is 2. The van der Waals surface area contributed by atoms with E-state index in [1.54, 1.807) is 0 Å². The van der Waals surface area contributed by atoms with Gasteiger partial charge in [0, 0.05) is 12.0 Å². The van der Waals surface area contributed by atoms with Crippen LogP contribution in [-0.4, -0.2) is 17.8 Å². The summed E-state index contributed by atoms with van der Waals surface area (Å²) in [5.41, 5.74) is 3.97. The molecule has 100 valence electrons. The Kier molecular flexibility index (Phi) is 3.11. The highest BCUT2D eigenvalue weighted by atomic mass is 19.4. The van der Waals surface area contributed by atoms with Crippen LogP contribution in [0.1, 0.15) is 24.0 Å². The Morgan fingerprint density at radius 2 is 1.94 bits per heavy atom. The summed E-state index contributed by atoms with van der Waals surface area (Å²) < 4.78 is 51.0. The van der Waals surface area contributed by atoms with Gasteiger partial charge < -0.3 is 10.8 Å². The molecule has 6 heteroatoms. The fraction of sp³-hybridized carbons (Fsp3) is 0.500. The largest absolute Gasteiger partial charge is 0.419 e. The average molecular weight is 263 g/mol. The Hall–Kier alpha value is -1.14. The van der Waals surface area contributed by atoms with Gasteiger partial charge in [0.25, 0.3) is 0 Å². The SMILES string of the molecule is NCC1(c2ccc(F)c(C(F)(F)F)c2)CC(O)C1. The lowest BCUT2D eigenvalue weighted by Gasteiger charge is -2.45. The minimum Gasteiger partial charge on any atom is -0.393 e. The maximum absolute atomic E-state index is 13.2. The summed E-state index contributed by atoms with van der Waals surface area (Å²) >= 11 is 0. The summed E-state index contributed by atoms with van der Waals surface area (Å²) in [6, 6.07) is 2.91. The Morgan fingerprint density at radius 1 is 1.33 bits per heavy atom. The van der Waals surface area contributed by atoms with E-state index in [2.05, 4.69) is 0 Å². The van der Waals surface area contributed by atoms with Crippen molar-refractivity contribution in [3.05, 3.63) is 35.1 Å². The first-order valence-corrected chi connectivity index (χ1v) is 5.54. The van der Waals surface area contributed by atoms with E-state index in [-0.39, 0.29) is 6.54 Å². The molecule has 0 amide bonds. The number of nitrogens with two attached hydrogens (primary N) is 1. The van der Waals surface area contributed by atoms with Crippen molar-refractivity contribution in [1.82, 2.24) is 0 Å². The second kappa shape index (κ2) is 4.20. The molecule has 0 spiro atoms. The minimum absolute atomic E-state index is 0.132. The zero-order valence-electron chi connectivity index (χ0n) is 9.47. The molecule has 3 N–H and O–H groups in total. The van der Waals surface area contributed by atoms with Gasteiger partial charge in [-0.15, -0.1) is 0 Å². The molecule has 1 aromatic rings. The zero-order valence-corrected chi connectivity index (χ0v) is 9.47. The van der Waals surface area contributed by atoms with E-state index >= 15 is 0 Å². The normalized spacial score (nSPS) is 28.0. The molecule has 0 atom stereocenters. The number of alkyl halides is 3. The third-order valence-electron chi connectivity index (χ3n) is 3.53. The Morgan fingerprint density at radius 3 is 2.39 bits per heavy atom. The molecule has 0 aromatic heterocycles. The highest BCUT2D eigenvalue weighted by Crippen LogP contribution is 2.44. The van der Waals surface area contributed by atoms with Crippen molar-refractivity contribution in [3.63, 3.8) is 0 Å². The molecule has 1 aromatic carbocycles. The van der Waals surface area contributed by atoms with Crippen LogP contribution in [0.25, 0.3) is 0 Å². The topological polar surface area (TPSA) is 46.2 Å². The van der Waals surface area contributed by atoms with Crippen LogP contribution in [0.5, 0.6) is 0 Å². The number of halogens is 4. The van der Waals surface area contributed by atoms with Gasteiger partial charge in [0.2, 0.25) is 0 Å². The van der Waals surface area contributed by atoms with Crippen LogP contribution >= 0.6 is 0 Å². The summed E-state index contributed by atoms with van der Waals surface area (Å²) in [5.74, 6) is -1.29. The van der Waals surface area contributed by atoms with Crippen molar-refractivity contribution in [1.29, 1.82) is 0 Å². The smallest absolute Gasteiger partial charge is 0.393 e. The first kappa shape index (κ1) is 13.3. The monoisotopic (exact) mass is 263 g/mol.